The molecule has 8 nitrogen and oxygen atoms in total. The molecule has 0 unspecified atom stereocenters. The van der Waals surface area contributed by atoms with Gasteiger partial charge in [-0.05, 0) is 94.9 Å². The number of rotatable bonds is 10. The van der Waals surface area contributed by atoms with Crippen LogP contribution in [0.1, 0.15) is 39.2 Å². The molecule has 1 aromatic heterocycles. The molecule has 4 aromatic rings. The molecule has 1 aliphatic rings. The van der Waals surface area contributed by atoms with E-state index in [0.29, 0.717) is 33.2 Å². The van der Waals surface area contributed by atoms with Crippen LogP contribution < -0.4 is 10.1 Å². The van der Waals surface area contributed by atoms with Gasteiger partial charge in [0, 0.05) is 6.54 Å². The van der Waals surface area contributed by atoms with Crippen molar-refractivity contribution in [3.05, 3.63) is 76.3 Å². The number of likely N-dealkylation sites (tertiary alicyclic amines) is 1. The van der Waals surface area contributed by atoms with Gasteiger partial charge in [0.2, 0.25) is 11.1 Å². The van der Waals surface area contributed by atoms with Gasteiger partial charge in [-0.1, -0.05) is 80.0 Å². The highest BCUT2D eigenvalue weighted by molar-refractivity contribution is 7.99. The van der Waals surface area contributed by atoms with Gasteiger partial charge < -0.3 is 10.1 Å². The van der Waals surface area contributed by atoms with Gasteiger partial charge in [-0.15, -0.1) is 5.10 Å². The first kappa shape index (κ1) is 30.4. The molecule has 1 saturated heterocycles. The van der Waals surface area contributed by atoms with E-state index < -0.39 is 0 Å². The first-order valence-corrected chi connectivity index (χ1v) is 15.7. The molecule has 0 aliphatic carbocycles. The first-order valence-electron chi connectivity index (χ1n) is 13.9. The Hall–Kier alpha value is -3.11. The smallest absolute Gasteiger partial charge is 0.234 e. The van der Waals surface area contributed by atoms with Crippen molar-refractivity contribution in [2.75, 3.05) is 37.3 Å². The summed E-state index contributed by atoms with van der Waals surface area (Å²) in [5.74, 6) is 0.713. The minimum absolute atomic E-state index is 0.0376. The van der Waals surface area contributed by atoms with E-state index >= 15 is 0 Å². The summed E-state index contributed by atoms with van der Waals surface area (Å²) in [7, 11) is 0. The van der Waals surface area contributed by atoms with Crippen molar-refractivity contribution in [2.45, 2.75) is 44.2 Å². The number of carbonyl (C=O) groups is 1. The molecule has 42 heavy (non-hydrogen) atoms. The van der Waals surface area contributed by atoms with Crippen LogP contribution in [0.5, 0.6) is 5.75 Å². The Morgan fingerprint density at radius 2 is 1.71 bits per heavy atom. The number of halogens is 2. The Morgan fingerprint density at radius 1 is 0.976 bits per heavy atom. The van der Waals surface area contributed by atoms with E-state index in [9.17, 15) is 4.79 Å². The minimum atomic E-state index is -0.228. The van der Waals surface area contributed by atoms with Crippen LogP contribution in [0.25, 0.3) is 16.8 Å². The van der Waals surface area contributed by atoms with Crippen LogP contribution in [0.2, 0.25) is 10.0 Å². The third-order valence-electron chi connectivity index (χ3n) is 7.12. The van der Waals surface area contributed by atoms with Crippen molar-refractivity contribution in [2.24, 2.45) is 0 Å². The number of anilines is 1. The Balaban J connectivity index is 1.16. The minimum Gasteiger partial charge on any atom is -0.492 e. The highest BCUT2D eigenvalue weighted by Gasteiger charge is 2.19. The highest BCUT2D eigenvalue weighted by Crippen LogP contribution is 2.32. The second-order valence-corrected chi connectivity index (χ2v) is 13.0. The molecule has 1 aliphatic heterocycles. The Morgan fingerprint density at radius 3 is 2.40 bits per heavy atom. The number of nitrogens with zero attached hydrogens (tertiary/aromatic N) is 5. The standard InChI is InChI=1S/C31H34Cl2N6O2S/c1-31(2,3)23-9-13-28(26(33)19-23)39-30(35-36-37-39)42-20-29(40)34-27-12-8-22(18-25(27)32)21-6-10-24(11-7-21)41-17-16-38-14-4-5-15-38/h6-13,18-19H,4-5,14-17,20H2,1-3H3,(H,34,40). The van der Waals surface area contributed by atoms with E-state index in [1.54, 1.807) is 10.7 Å². The second kappa shape index (κ2) is 13.5. The van der Waals surface area contributed by atoms with E-state index in [4.69, 9.17) is 27.9 Å². The van der Waals surface area contributed by atoms with Gasteiger partial charge in [0.25, 0.3) is 0 Å². The number of amides is 1. The Kier molecular flexibility index (Phi) is 9.73. The zero-order chi connectivity index (χ0) is 29.7. The SMILES string of the molecule is CC(C)(C)c1ccc(-n2nnnc2SCC(=O)Nc2ccc(-c3ccc(OCCN4CCCC4)cc3)cc2Cl)c(Cl)c1. The maximum absolute atomic E-state index is 12.8. The summed E-state index contributed by atoms with van der Waals surface area (Å²) in [6, 6.07) is 19.4. The normalized spacial score (nSPS) is 13.8. The number of benzene rings is 3. The number of hydrogen-bond donors (Lipinski definition) is 1. The fourth-order valence-electron chi connectivity index (χ4n) is 4.72. The van der Waals surface area contributed by atoms with Gasteiger partial charge in [0.05, 0.1) is 27.2 Å². The van der Waals surface area contributed by atoms with Crippen molar-refractivity contribution < 1.29 is 9.53 Å². The molecule has 0 bridgehead atoms. The summed E-state index contributed by atoms with van der Waals surface area (Å²) >= 11 is 14.3. The fraction of sp³-hybridized carbons (Fsp3) is 0.355. The molecule has 0 spiro atoms. The number of nitrogens with one attached hydrogen (secondary N) is 1. The van der Waals surface area contributed by atoms with E-state index in [2.05, 4.69) is 46.5 Å². The van der Waals surface area contributed by atoms with Crippen molar-refractivity contribution in [1.29, 1.82) is 0 Å². The predicted molar refractivity (Wildman–Crippen MR) is 170 cm³/mol. The molecule has 0 atom stereocenters. The lowest BCUT2D eigenvalue weighted by molar-refractivity contribution is -0.113. The van der Waals surface area contributed by atoms with Gasteiger partial charge in [-0.3, -0.25) is 9.69 Å². The van der Waals surface area contributed by atoms with Crippen LogP contribution in [0.15, 0.2) is 65.8 Å². The number of thioether (sulfide) groups is 1. The molecule has 220 valence electrons. The van der Waals surface area contributed by atoms with Gasteiger partial charge >= 0.3 is 0 Å². The zero-order valence-electron chi connectivity index (χ0n) is 23.9. The molecular weight excluding hydrogens is 591 g/mol. The van der Waals surface area contributed by atoms with Crippen LogP contribution in [0.3, 0.4) is 0 Å². The topological polar surface area (TPSA) is 85.2 Å². The average molecular weight is 626 g/mol. The van der Waals surface area contributed by atoms with E-state index in [1.807, 2.05) is 54.6 Å². The molecule has 1 N–H and O–H groups in total. The van der Waals surface area contributed by atoms with Crippen molar-refractivity contribution in [3.63, 3.8) is 0 Å². The Bertz CT molecular complexity index is 1530. The van der Waals surface area contributed by atoms with Crippen molar-refractivity contribution in [1.82, 2.24) is 25.1 Å². The molecule has 3 aromatic carbocycles. The van der Waals surface area contributed by atoms with Crippen molar-refractivity contribution >= 4 is 46.6 Å². The number of carbonyl (C=O) groups excluding carboxylic acids is 1. The predicted octanol–water partition coefficient (Wildman–Crippen LogP) is 7.14. The molecule has 11 heteroatoms. The molecule has 0 radical (unpaired) electrons. The highest BCUT2D eigenvalue weighted by atomic mass is 35.5. The quantitative estimate of drug-likeness (QED) is 0.188. The van der Waals surface area contributed by atoms with Crippen LogP contribution in [0.4, 0.5) is 5.69 Å². The lowest BCUT2D eigenvalue weighted by Crippen LogP contribution is -2.25. The summed E-state index contributed by atoms with van der Waals surface area (Å²) in [5, 5.41) is 16.3. The maximum atomic E-state index is 12.8. The lowest BCUT2D eigenvalue weighted by Gasteiger charge is -2.20. The van der Waals surface area contributed by atoms with Gasteiger partial charge in [0.1, 0.15) is 12.4 Å². The van der Waals surface area contributed by atoms with Crippen molar-refractivity contribution in [3.8, 4) is 22.6 Å². The summed E-state index contributed by atoms with van der Waals surface area (Å²) in [5.41, 5.74) is 4.22. The lowest BCUT2D eigenvalue weighted by atomic mass is 9.87. The number of aromatic nitrogens is 4. The van der Waals surface area contributed by atoms with E-state index in [1.165, 1.54) is 37.7 Å². The number of tetrazole rings is 1. The molecule has 0 saturated carbocycles. The van der Waals surface area contributed by atoms with Gasteiger partial charge in [0.15, 0.2) is 0 Å². The molecule has 5 rings (SSSR count). The van der Waals surface area contributed by atoms with Crippen LogP contribution in [0, 0.1) is 0 Å². The zero-order valence-corrected chi connectivity index (χ0v) is 26.3. The van der Waals surface area contributed by atoms with Crippen LogP contribution >= 0.6 is 35.0 Å². The number of hydrogen-bond acceptors (Lipinski definition) is 7. The first-order chi connectivity index (χ1) is 20.2. The summed E-state index contributed by atoms with van der Waals surface area (Å²) in [6.45, 7) is 10.4. The third-order valence-corrected chi connectivity index (χ3v) is 8.66. The molecule has 1 amide bonds. The Labute approximate surface area is 260 Å². The average Bonchev–Trinajstić information content (AvgIpc) is 3.65. The maximum Gasteiger partial charge on any atom is 0.234 e. The second-order valence-electron chi connectivity index (χ2n) is 11.2. The van der Waals surface area contributed by atoms with E-state index in [0.717, 1.165) is 29.0 Å². The molecule has 1 fully saturated rings. The monoisotopic (exact) mass is 624 g/mol. The van der Waals surface area contributed by atoms with Gasteiger partial charge in [-0.2, -0.15) is 4.68 Å². The molecule has 2 heterocycles. The summed E-state index contributed by atoms with van der Waals surface area (Å²) < 4.78 is 7.45. The third kappa shape index (κ3) is 7.64. The largest absolute Gasteiger partial charge is 0.492 e. The summed E-state index contributed by atoms with van der Waals surface area (Å²) in [6.07, 6.45) is 2.56. The van der Waals surface area contributed by atoms with Crippen LogP contribution in [-0.2, 0) is 10.2 Å². The van der Waals surface area contributed by atoms with Crippen LogP contribution in [-0.4, -0.2) is 63.0 Å². The van der Waals surface area contributed by atoms with Gasteiger partial charge in [-0.25, -0.2) is 0 Å². The summed E-state index contributed by atoms with van der Waals surface area (Å²) in [4.78, 5) is 15.2. The fourth-order valence-corrected chi connectivity index (χ4v) is 5.89. The van der Waals surface area contributed by atoms with E-state index in [-0.39, 0.29) is 17.1 Å². The number of ether oxygens (including phenoxy) is 1. The molecular formula is C31H34Cl2N6O2S.